The number of rotatable bonds is 9. The van der Waals surface area contributed by atoms with E-state index in [1.807, 2.05) is 0 Å². The molecule has 0 aliphatic rings. The smallest absolute Gasteiger partial charge is 0.0417 e. The van der Waals surface area contributed by atoms with Crippen molar-refractivity contribution < 1.29 is 0 Å². The quantitative estimate of drug-likeness (QED) is 0.432. The van der Waals surface area contributed by atoms with Crippen LogP contribution in [0.2, 0.25) is 0 Å². The second-order valence-corrected chi connectivity index (χ2v) is 5.57. The molecule has 0 nitrogen and oxygen atoms in total. The summed E-state index contributed by atoms with van der Waals surface area (Å²) in [6.45, 7) is 11.7. The predicted molar refractivity (Wildman–Crippen MR) is 71.2 cm³/mol. The second-order valence-electron chi connectivity index (χ2n) is 5.57. The molecule has 0 heterocycles. The van der Waals surface area contributed by atoms with E-state index in [-0.39, 0.29) is 0 Å². The highest BCUT2D eigenvalue weighted by molar-refractivity contribution is 4.60. The summed E-state index contributed by atoms with van der Waals surface area (Å²) in [6, 6.07) is 0. The Kier molecular flexibility index (Phi) is 9.24. The third kappa shape index (κ3) is 7.88. The van der Waals surface area contributed by atoms with Crippen LogP contribution in [0.15, 0.2) is 0 Å². The SMILES string of the molecule is CCCC(CC)CCCCC(C)C(C)C. The van der Waals surface area contributed by atoms with E-state index in [1.54, 1.807) is 0 Å². The van der Waals surface area contributed by atoms with Gasteiger partial charge >= 0.3 is 0 Å². The van der Waals surface area contributed by atoms with Crippen molar-refractivity contribution in [2.24, 2.45) is 17.8 Å². The van der Waals surface area contributed by atoms with E-state index in [0.29, 0.717) is 0 Å². The minimum atomic E-state index is 0.864. The lowest BCUT2D eigenvalue weighted by atomic mass is 9.89. The average Bonchev–Trinajstić information content (AvgIpc) is 2.22. The molecule has 0 fully saturated rings. The molecule has 0 saturated heterocycles. The molecule has 0 aliphatic heterocycles. The van der Waals surface area contributed by atoms with Crippen LogP contribution in [0.1, 0.15) is 79.6 Å². The summed E-state index contributed by atoms with van der Waals surface area (Å²) in [7, 11) is 0. The monoisotopic (exact) mass is 212 g/mol. The Balaban J connectivity index is 3.43. The van der Waals surface area contributed by atoms with Crippen LogP contribution in [-0.4, -0.2) is 0 Å². The molecule has 0 spiro atoms. The summed E-state index contributed by atoms with van der Waals surface area (Å²) < 4.78 is 0. The lowest BCUT2D eigenvalue weighted by Gasteiger charge is -2.17. The highest BCUT2D eigenvalue weighted by Gasteiger charge is 2.08. The predicted octanol–water partition coefficient (Wildman–Crippen LogP) is 5.67. The zero-order valence-electron chi connectivity index (χ0n) is 11.7. The van der Waals surface area contributed by atoms with Crippen molar-refractivity contribution in [2.45, 2.75) is 79.6 Å². The molecule has 0 rings (SSSR count). The standard InChI is InChI=1S/C15H32/c1-6-10-15(7-2)12-9-8-11-14(5)13(3)4/h13-15H,6-12H2,1-5H3. The lowest BCUT2D eigenvalue weighted by Crippen LogP contribution is -2.04. The van der Waals surface area contributed by atoms with Crippen LogP contribution < -0.4 is 0 Å². The maximum Gasteiger partial charge on any atom is -0.0417 e. The molecule has 0 bridgehead atoms. The van der Waals surface area contributed by atoms with Crippen molar-refractivity contribution in [3.05, 3.63) is 0 Å². The zero-order chi connectivity index (χ0) is 11.7. The molecule has 15 heavy (non-hydrogen) atoms. The minimum Gasteiger partial charge on any atom is -0.0654 e. The first-order chi connectivity index (χ1) is 7.11. The first kappa shape index (κ1) is 15.0. The summed E-state index contributed by atoms with van der Waals surface area (Å²) in [5.41, 5.74) is 0. The van der Waals surface area contributed by atoms with Gasteiger partial charge in [-0.15, -0.1) is 0 Å². The Hall–Kier alpha value is 0. The Bertz CT molecular complexity index is 126. The summed E-state index contributed by atoms with van der Waals surface area (Å²) >= 11 is 0. The third-order valence-electron chi connectivity index (χ3n) is 3.93. The summed E-state index contributed by atoms with van der Waals surface area (Å²) in [4.78, 5) is 0. The Morgan fingerprint density at radius 1 is 0.800 bits per heavy atom. The molecule has 0 aromatic rings. The molecule has 2 atom stereocenters. The first-order valence-corrected chi connectivity index (χ1v) is 7.11. The van der Waals surface area contributed by atoms with Gasteiger partial charge in [-0.2, -0.15) is 0 Å². The van der Waals surface area contributed by atoms with Crippen LogP contribution in [0.5, 0.6) is 0 Å². The van der Waals surface area contributed by atoms with E-state index >= 15 is 0 Å². The third-order valence-corrected chi connectivity index (χ3v) is 3.93. The second kappa shape index (κ2) is 9.24. The largest absolute Gasteiger partial charge is 0.0654 e. The number of hydrogen-bond donors (Lipinski definition) is 0. The number of hydrogen-bond acceptors (Lipinski definition) is 0. The van der Waals surface area contributed by atoms with Crippen LogP contribution in [0.25, 0.3) is 0 Å². The number of unbranched alkanes of at least 4 members (excludes halogenated alkanes) is 1. The van der Waals surface area contributed by atoms with E-state index in [1.165, 1.54) is 44.9 Å². The van der Waals surface area contributed by atoms with E-state index in [2.05, 4.69) is 34.6 Å². The van der Waals surface area contributed by atoms with Gasteiger partial charge in [-0.1, -0.05) is 79.6 Å². The molecular formula is C15H32. The lowest BCUT2D eigenvalue weighted by molar-refractivity contribution is 0.355. The van der Waals surface area contributed by atoms with Crippen molar-refractivity contribution >= 4 is 0 Å². The molecule has 0 aromatic carbocycles. The van der Waals surface area contributed by atoms with Gasteiger partial charge in [-0.25, -0.2) is 0 Å². The molecular weight excluding hydrogens is 180 g/mol. The summed E-state index contributed by atoms with van der Waals surface area (Å²) in [6.07, 6.45) is 9.98. The van der Waals surface area contributed by atoms with Gasteiger partial charge in [0, 0.05) is 0 Å². The van der Waals surface area contributed by atoms with Crippen LogP contribution >= 0.6 is 0 Å². The fourth-order valence-corrected chi connectivity index (χ4v) is 2.19. The molecule has 0 N–H and O–H groups in total. The van der Waals surface area contributed by atoms with Gasteiger partial charge in [0.25, 0.3) is 0 Å². The molecule has 92 valence electrons. The van der Waals surface area contributed by atoms with Gasteiger partial charge in [-0.3, -0.25) is 0 Å². The first-order valence-electron chi connectivity index (χ1n) is 7.11. The fourth-order valence-electron chi connectivity index (χ4n) is 2.19. The highest BCUT2D eigenvalue weighted by atomic mass is 14.1. The normalized spacial score (nSPS) is 15.6. The van der Waals surface area contributed by atoms with Gasteiger partial charge < -0.3 is 0 Å². The van der Waals surface area contributed by atoms with E-state index < -0.39 is 0 Å². The Morgan fingerprint density at radius 3 is 1.87 bits per heavy atom. The van der Waals surface area contributed by atoms with E-state index in [4.69, 9.17) is 0 Å². The maximum absolute atomic E-state index is 2.40. The average molecular weight is 212 g/mol. The Labute approximate surface area is 97.8 Å². The highest BCUT2D eigenvalue weighted by Crippen LogP contribution is 2.22. The van der Waals surface area contributed by atoms with Crippen LogP contribution in [0.4, 0.5) is 0 Å². The Morgan fingerprint density at radius 2 is 1.40 bits per heavy atom. The molecule has 0 aromatic heterocycles. The van der Waals surface area contributed by atoms with Gasteiger partial charge in [-0.05, 0) is 17.8 Å². The molecule has 2 unspecified atom stereocenters. The topological polar surface area (TPSA) is 0 Å². The summed E-state index contributed by atoms with van der Waals surface area (Å²) in [5, 5.41) is 0. The molecule has 0 aliphatic carbocycles. The zero-order valence-corrected chi connectivity index (χ0v) is 11.7. The molecule has 0 heteroatoms. The van der Waals surface area contributed by atoms with Crippen molar-refractivity contribution in [2.75, 3.05) is 0 Å². The summed E-state index contributed by atoms with van der Waals surface area (Å²) in [5.74, 6) is 2.78. The van der Waals surface area contributed by atoms with Crippen molar-refractivity contribution in [1.82, 2.24) is 0 Å². The van der Waals surface area contributed by atoms with Crippen molar-refractivity contribution in [3.63, 3.8) is 0 Å². The maximum atomic E-state index is 2.40. The van der Waals surface area contributed by atoms with Gasteiger partial charge in [0.2, 0.25) is 0 Å². The van der Waals surface area contributed by atoms with Gasteiger partial charge in [0.05, 0.1) is 0 Å². The molecule has 0 saturated carbocycles. The molecule has 0 amide bonds. The van der Waals surface area contributed by atoms with Crippen LogP contribution in [-0.2, 0) is 0 Å². The minimum absolute atomic E-state index is 0.864. The van der Waals surface area contributed by atoms with Crippen LogP contribution in [0, 0.1) is 17.8 Å². The van der Waals surface area contributed by atoms with E-state index in [0.717, 1.165) is 17.8 Å². The van der Waals surface area contributed by atoms with Crippen LogP contribution in [0.3, 0.4) is 0 Å². The molecule has 0 radical (unpaired) electrons. The van der Waals surface area contributed by atoms with Gasteiger partial charge in [0.15, 0.2) is 0 Å². The fraction of sp³-hybridized carbons (Fsp3) is 1.00. The van der Waals surface area contributed by atoms with Crippen molar-refractivity contribution in [3.8, 4) is 0 Å². The van der Waals surface area contributed by atoms with Crippen molar-refractivity contribution in [1.29, 1.82) is 0 Å². The van der Waals surface area contributed by atoms with Gasteiger partial charge in [0.1, 0.15) is 0 Å². The van der Waals surface area contributed by atoms with E-state index in [9.17, 15) is 0 Å².